The summed E-state index contributed by atoms with van der Waals surface area (Å²) in [6.07, 6.45) is 0. The summed E-state index contributed by atoms with van der Waals surface area (Å²) in [6, 6.07) is 65.1. The van der Waals surface area contributed by atoms with Gasteiger partial charge in [0.25, 0.3) is 0 Å². The zero-order valence-electron chi connectivity index (χ0n) is 24.7. The number of benzene rings is 7. The molecule has 0 N–H and O–H groups in total. The largest absolute Gasteiger partial charge is 0.148 e. The molecule has 0 radical (unpaired) electrons. The van der Waals surface area contributed by atoms with Crippen molar-refractivity contribution < 1.29 is 0 Å². The molecule has 0 spiro atoms. The molecule has 208 valence electrons. The predicted octanol–water partition coefficient (Wildman–Crippen LogP) is 10.6. The summed E-state index contributed by atoms with van der Waals surface area (Å²) < 4.78 is 0. The summed E-state index contributed by atoms with van der Waals surface area (Å²) in [5.41, 5.74) is 7.86. The molecule has 0 nitrogen and oxygen atoms in total. The van der Waals surface area contributed by atoms with Crippen molar-refractivity contribution in [2.45, 2.75) is 6.55 Å². The molecule has 0 unspecified atom stereocenters. The lowest BCUT2D eigenvalue weighted by Gasteiger charge is -2.32. The predicted molar refractivity (Wildman–Crippen MR) is 192 cm³/mol. The summed E-state index contributed by atoms with van der Waals surface area (Å²) in [7, 11) is -2.61. The van der Waals surface area contributed by atoms with Gasteiger partial charge in [-0.05, 0) is 82.7 Å². The molecular weight excluding hydrogens is 545 g/mol. The number of rotatable bonds is 5. The van der Waals surface area contributed by atoms with Crippen molar-refractivity contribution in [2.75, 3.05) is 0 Å². The Hall–Kier alpha value is -5.24. The molecule has 0 aromatic heterocycles. The normalized spacial score (nSPS) is 14.5. The first kappa shape index (κ1) is 26.4. The van der Waals surface area contributed by atoms with E-state index in [1.165, 1.54) is 70.5 Å². The van der Waals surface area contributed by atoms with Crippen LogP contribution in [-0.2, 0) is 0 Å². The van der Waals surface area contributed by atoms with Gasteiger partial charge in [0.1, 0.15) is 8.07 Å². The van der Waals surface area contributed by atoms with Crippen LogP contribution >= 0.6 is 0 Å². The molecule has 8 rings (SSSR count). The first-order valence-corrected chi connectivity index (χ1v) is 17.9. The van der Waals surface area contributed by atoms with Crippen molar-refractivity contribution in [1.29, 1.82) is 0 Å². The Balaban J connectivity index is 1.55. The van der Waals surface area contributed by atoms with Crippen molar-refractivity contribution in [3.05, 3.63) is 198 Å². The van der Waals surface area contributed by atoms with E-state index in [1.807, 2.05) is 0 Å². The molecule has 0 aliphatic carbocycles. The van der Waals surface area contributed by atoms with Gasteiger partial charge in [0.2, 0.25) is 0 Å². The highest BCUT2D eigenvalue weighted by atomic mass is 28.3. The third-order valence-electron chi connectivity index (χ3n) is 9.30. The van der Waals surface area contributed by atoms with E-state index >= 15 is 0 Å². The maximum atomic E-state index is 2.58. The molecule has 0 bridgehead atoms. The zero-order chi connectivity index (χ0) is 29.5. The van der Waals surface area contributed by atoms with Gasteiger partial charge in [0, 0.05) is 0 Å². The van der Waals surface area contributed by atoms with Crippen molar-refractivity contribution in [1.82, 2.24) is 0 Å². The lowest BCUT2D eigenvalue weighted by Crippen LogP contribution is -2.46. The summed E-state index contributed by atoms with van der Waals surface area (Å²) >= 11 is 0. The van der Waals surface area contributed by atoms with E-state index < -0.39 is 8.07 Å². The minimum absolute atomic E-state index is 1.26. The number of allylic oxidation sites excluding steroid dienone is 2. The van der Waals surface area contributed by atoms with Gasteiger partial charge in [-0.25, -0.2) is 0 Å². The Morgan fingerprint density at radius 1 is 0.318 bits per heavy atom. The molecule has 1 aliphatic heterocycles. The van der Waals surface area contributed by atoms with Crippen LogP contribution in [0.2, 0.25) is 6.55 Å². The van der Waals surface area contributed by atoms with Gasteiger partial charge in [-0.3, -0.25) is 0 Å². The van der Waals surface area contributed by atoms with Crippen molar-refractivity contribution in [2.24, 2.45) is 0 Å². The van der Waals surface area contributed by atoms with E-state index in [2.05, 4.69) is 182 Å². The van der Waals surface area contributed by atoms with Crippen LogP contribution in [0.4, 0.5) is 0 Å². The highest BCUT2D eigenvalue weighted by Crippen LogP contribution is 2.55. The van der Waals surface area contributed by atoms with E-state index in [-0.39, 0.29) is 0 Å². The molecule has 7 aromatic carbocycles. The second-order valence-electron chi connectivity index (χ2n) is 11.8. The van der Waals surface area contributed by atoms with Crippen molar-refractivity contribution >= 4 is 56.3 Å². The molecular formula is C43H32Si. The second-order valence-corrected chi connectivity index (χ2v) is 15.7. The monoisotopic (exact) mass is 576 g/mol. The van der Waals surface area contributed by atoms with Crippen molar-refractivity contribution in [3.63, 3.8) is 0 Å². The third kappa shape index (κ3) is 4.28. The Kier molecular flexibility index (Phi) is 6.47. The molecule has 1 aliphatic rings. The van der Waals surface area contributed by atoms with E-state index in [4.69, 9.17) is 0 Å². The van der Waals surface area contributed by atoms with Crippen molar-refractivity contribution in [3.8, 4) is 0 Å². The number of hydrogen-bond donors (Lipinski definition) is 0. The summed E-state index contributed by atoms with van der Waals surface area (Å²) in [5.74, 6) is 0. The minimum Gasteiger partial charge on any atom is -0.0624 e. The molecule has 1 heterocycles. The van der Waals surface area contributed by atoms with Crippen LogP contribution in [-0.4, -0.2) is 8.07 Å². The Labute approximate surface area is 260 Å². The summed E-state index contributed by atoms with van der Waals surface area (Å²) in [4.78, 5) is 0. The van der Waals surface area contributed by atoms with Gasteiger partial charge >= 0.3 is 0 Å². The molecule has 0 fully saturated rings. The quantitative estimate of drug-likeness (QED) is 0.179. The highest BCUT2D eigenvalue weighted by molar-refractivity contribution is 7.21. The van der Waals surface area contributed by atoms with Gasteiger partial charge in [-0.1, -0.05) is 170 Å². The molecule has 0 atom stereocenters. The van der Waals surface area contributed by atoms with E-state index in [0.717, 1.165) is 0 Å². The topological polar surface area (TPSA) is 0 Å². The smallest absolute Gasteiger partial charge is 0.0624 e. The van der Waals surface area contributed by atoms with Crippen LogP contribution < -0.4 is 5.19 Å². The highest BCUT2D eigenvalue weighted by Gasteiger charge is 2.48. The molecule has 0 amide bonds. The fourth-order valence-electron chi connectivity index (χ4n) is 7.28. The third-order valence-corrected chi connectivity index (χ3v) is 13.9. The standard InChI is InChI=1S/C43H32Si/c1-44(39-23-9-4-10-24-39)42(37-27-25-31-15-11-13-21-35(31)29-37)40(33-17-5-2-6-18-33)41(34-19-7-3-8-20-34)43(44)38-28-26-32-16-12-14-22-36(32)30-38/h2-30H,1H3. The molecule has 0 saturated heterocycles. The van der Waals surface area contributed by atoms with Gasteiger partial charge < -0.3 is 0 Å². The van der Waals surface area contributed by atoms with E-state index in [0.29, 0.717) is 0 Å². The van der Waals surface area contributed by atoms with Gasteiger partial charge in [-0.15, -0.1) is 0 Å². The Bertz CT molecular complexity index is 2070. The Morgan fingerprint density at radius 3 is 1.11 bits per heavy atom. The zero-order valence-corrected chi connectivity index (χ0v) is 25.7. The molecule has 1 heteroatoms. The molecule has 0 saturated carbocycles. The van der Waals surface area contributed by atoms with E-state index in [9.17, 15) is 0 Å². The minimum atomic E-state index is -2.61. The second kappa shape index (κ2) is 10.8. The maximum Gasteiger partial charge on any atom is 0.148 e. The fourth-order valence-corrected chi connectivity index (χ4v) is 12.0. The first-order chi connectivity index (χ1) is 21.7. The Morgan fingerprint density at radius 2 is 0.682 bits per heavy atom. The van der Waals surface area contributed by atoms with Crippen LogP contribution in [0.5, 0.6) is 0 Å². The average molecular weight is 577 g/mol. The molecule has 7 aromatic rings. The van der Waals surface area contributed by atoms with Crippen LogP contribution in [0, 0.1) is 0 Å². The maximum absolute atomic E-state index is 2.61. The number of fused-ring (bicyclic) bond motifs is 2. The van der Waals surface area contributed by atoms with Crippen LogP contribution in [0.25, 0.3) is 43.1 Å². The number of hydrogen-bond acceptors (Lipinski definition) is 0. The lowest BCUT2D eigenvalue weighted by molar-refractivity contribution is 1.59. The van der Waals surface area contributed by atoms with Crippen LogP contribution in [0.15, 0.2) is 176 Å². The summed E-state index contributed by atoms with van der Waals surface area (Å²) in [6.45, 7) is 2.58. The lowest BCUT2D eigenvalue weighted by atomic mass is 9.89. The summed E-state index contributed by atoms with van der Waals surface area (Å²) in [5, 5.41) is 9.45. The van der Waals surface area contributed by atoms with Gasteiger partial charge in [0.05, 0.1) is 0 Å². The molecule has 44 heavy (non-hydrogen) atoms. The first-order valence-electron chi connectivity index (χ1n) is 15.4. The fraction of sp³-hybridized carbons (Fsp3) is 0.0233. The average Bonchev–Trinajstić information content (AvgIpc) is 3.39. The van der Waals surface area contributed by atoms with Crippen LogP contribution in [0.1, 0.15) is 22.3 Å². The SMILES string of the molecule is C[Si]1(c2ccccc2)C(c2ccc3ccccc3c2)=C(c2ccccc2)C(c2ccccc2)=C1c1ccc2ccccc2c1. The van der Waals surface area contributed by atoms with Crippen LogP contribution in [0.3, 0.4) is 0 Å². The van der Waals surface area contributed by atoms with E-state index in [1.54, 1.807) is 0 Å². The van der Waals surface area contributed by atoms with Gasteiger partial charge in [0.15, 0.2) is 0 Å². The van der Waals surface area contributed by atoms with Gasteiger partial charge in [-0.2, -0.15) is 0 Å².